The van der Waals surface area contributed by atoms with E-state index in [0.717, 1.165) is 18.9 Å². The van der Waals surface area contributed by atoms with Crippen LogP contribution in [-0.2, 0) is 0 Å². The normalized spacial score (nSPS) is 17.7. The van der Waals surface area contributed by atoms with Crippen molar-refractivity contribution in [1.82, 2.24) is 0 Å². The van der Waals surface area contributed by atoms with Crippen LogP contribution >= 0.6 is 11.6 Å². The highest BCUT2D eigenvalue weighted by atomic mass is 35.5. The van der Waals surface area contributed by atoms with Gasteiger partial charge in [0.1, 0.15) is 11.6 Å². The number of aliphatic hydroxyl groups is 1. The fourth-order valence-corrected chi connectivity index (χ4v) is 3.19. The summed E-state index contributed by atoms with van der Waals surface area (Å²) in [7, 11) is 0. The summed E-state index contributed by atoms with van der Waals surface area (Å²) in [6, 6.07) is 7.95. The molecular weight excluding hydrogens is 362 g/mol. The van der Waals surface area contributed by atoms with Gasteiger partial charge in [-0.05, 0) is 55.7 Å². The molecule has 1 fully saturated rings. The lowest BCUT2D eigenvalue weighted by molar-refractivity contribution is 0.102. The van der Waals surface area contributed by atoms with Gasteiger partial charge in [-0.15, -0.1) is 0 Å². The first-order valence-electron chi connectivity index (χ1n) is 8.43. The Bertz CT molecular complexity index is 816. The number of hydrogen-bond donors (Lipinski definition) is 2. The van der Waals surface area contributed by atoms with Gasteiger partial charge in [-0.2, -0.15) is 0 Å². The molecule has 0 radical (unpaired) electrons. The second-order valence-corrected chi connectivity index (χ2v) is 6.75. The maximum Gasteiger partial charge on any atom is 0.255 e. The third-order valence-corrected chi connectivity index (χ3v) is 4.66. The number of nitrogens with one attached hydrogen (secondary N) is 1. The van der Waals surface area contributed by atoms with E-state index in [1.165, 1.54) is 30.3 Å². The van der Waals surface area contributed by atoms with Crippen LogP contribution in [0.5, 0.6) is 0 Å². The third kappa shape index (κ3) is 4.31. The lowest BCUT2D eigenvalue weighted by atomic mass is 10.1. The SMILES string of the molecule is O=C(Nc1ccc(F)c(Cl)c1)c1ccc(F)c(N2CCCC[C@@H](O)C2)c1. The minimum absolute atomic E-state index is 0.0962. The molecule has 3 rings (SSSR count). The molecule has 0 saturated carbocycles. The molecular formula is C19H19ClF2N2O2. The number of anilines is 2. The molecule has 1 aliphatic heterocycles. The predicted molar refractivity (Wildman–Crippen MR) is 97.8 cm³/mol. The summed E-state index contributed by atoms with van der Waals surface area (Å²) in [4.78, 5) is 14.2. The van der Waals surface area contributed by atoms with E-state index in [2.05, 4.69) is 5.32 Å². The number of carbonyl (C=O) groups is 1. The number of halogens is 3. The van der Waals surface area contributed by atoms with Gasteiger partial charge in [-0.1, -0.05) is 11.6 Å². The summed E-state index contributed by atoms with van der Waals surface area (Å²) < 4.78 is 27.5. The Balaban J connectivity index is 1.81. The summed E-state index contributed by atoms with van der Waals surface area (Å²) in [6.07, 6.45) is 1.89. The zero-order valence-electron chi connectivity index (χ0n) is 14.0. The fraction of sp³-hybridized carbons (Fsp3) is 0.316. The largest absolute Gasteiger partial charge is 0.391 e. The zero-order valence-corrected chi connectivity index (χ0v) is 14.8. The van der Waals surface area contributed by atoms with Crippen molar-refractivity contribution in [3.05, 3.63) is 58.6 Å². The molecule has 2 N–H and O–H groups in total. The lowest BCUT2D eigenvalue weighted by Crippen LogP contribution is -2.31. The molecule has 0 aliphatic carbocycles. The van der Waals surface area contributed by atoms with Crippen molar-refractivity contribution in [2.45, 2.75) is 25.4 Å². The van der Waals surface area contributed by atoms with Crippen LogP contribution in [0, 0.1) is 11.6 Å². The number of hydrogen-bond acceptors (Lipinski definition) is 3. The summed E-state index contributed by atoms with van der Waals surface area (Å²) in [5, 5.41) is 12.5. The maximum atomic E-state index is 14.3. The van der Waals surface area contributed by atoms with Crippen LogP contribution in [0.15, 0.2) is 36.4 Å². The Labute approximate surface area is 155 Å². The minimum Gasteiger partial charge on any atom is -0.391 e. The summed E-state index contributed by atoms with van der Waals surface area (Å²) in [5.41, 5.74) is 0.897. The molecule has 1 aliphatic rings. The predicted octanol–water partition coefficient (Wildman–Crippen LogP) is 4.22. The highest BCUT2D eigenvalue weighted by molar-refractivity contribution is 6.31. The second kappa shape index (κ2) is 8.01. The van der Waals surface area contributed by atoms with Crippen molar-refractivity contribution < 1.29 is 18.7 Å². The van der Waals surface area contributed by atoms with E-state index in [-0.39, 0.29) is 16.3 Å². The van der Waals surface area contributed by atoms with Gasteiger partial charge in [-0.25, -0.2) is 8.78 Å². The standard InChI is InChI=1S/C19H19ClF2N2O2/c20-15-10-13(5-7-16(15)21)23-19(26)12-4-6-17(22)18(9-12)24-8-2-1-3-14(25)11-24/h4-7,9-10,14,25H,1-3,8,11H2,(H,23,26)/t14-/m1/s1. The van der Waals surface area contributed by atoms with E-state index >= 15 is 0 Å². The first-order chi connectivity index (χ1) is 12.4. The molecule has 1 atom stereocenters. The Kier molecular flexibility index (Phi) is 5.74. The van der Waals surface area contributed by atoms with Crippen LogP contribution in [-0.4, -0.2) is 30.2 Å². The van der Waals surface area contributed by atoms with Crippen molar-refractivity contribution in [1.29, 1.82) is 0 Å². The Morgan fingerprint density at radius 2 is 1.92 bits per heavy atom. The van der Waals surface area contributed by atoms with Gasteiger partial charge in [-0.3, -0.25) is 4.79 Å². The highest BCUT2D eigenvalue weighted by Gasteiger charge is 2.20. The van der Waals surface area contributed by atoms with Gasteiger partial charge in [0.2, 0.25) is 0 Å². The molecule has 2 aromatic rings. The molecule has 1 amide bonds. The Morgan fingerprint density at radius 1 is 1.15 bits per heavy atom. The van der Waals surface area contributed by atoms with Crippen molar-refractivity contribution in [2.24, 2.45) is 0 Å². The number of amides is 1. The molecule has 0 spiro atoms. The molecule has 7 heteroatoms. The average Bonchev–Trinajstić information content (AvgIpc) is 2.83. The minimum atomic E-state index is -0.576. The van der Waals surface area contributed by atoms with E-state index < -0.39 is 23.6 Å². The fourth-order valence-electron chi connectivity index (χ4n) is 3.01. The van der Waals surface area contributed by atoms with E-state index in [0.29, 0.717) is 25.2 Å². The second-order valence-electron chi connectivity index (χ2n) is 6.34. The molecule has 1 saturated heterocycles. The van der Waals surface area contributed by atoms with Crippen molar-refractivity contribution in [3.63, 3.8) is 0 Å². The summed E-state index contributed by atoms with van der Waals surface area (Å²) >= 11 is 5.71. The molecule has 26 heavy (non-hydrogen) atoms. The van der Waals surface area contributed by atoms with Crippen molar-refractivity contribution >= 4 is 28.9 Å². The monoisotopic (exact) mass is 380 g/mol. The van der Waals surface area contributed by atoms with Gasteiger partial charge in [0.05, 0.1) is 16.8 Å². The smallest absolute Gasteiger partial charge is 0.255 e. The first-order valence-corrected chi connectivity index (χ1v) is 8.81. The Hall–Kier alpha value is -2.18. The van der Waals surface area contributed by atoms with E-state index in [4.69, 9.17) is 11.6 Å². The van der Waals surface area contributed by atoms with Crippen LogP contribution in [0.4, 0.5) is 20.2 Å². The third-order valence-electron chi connectivity index (χ3n) is 4.37. The maximum absolute atomic E-state index is 14.3. The van der Waals surface area contributed by atoms with Gasteiger partial charge >= 0.3 is 0 Å². The molecule has 138 valence electrons. The van der Waals surface area contributed by atoms with Gasteiger partial charge < -0.3 is 15.3 Å². The molecule has 1 heterocycles. The lowest BCUT2D eigenvalue weighted by Gasteiger charge is -2.25. The molecule has 0 unspecified atom stereocenters. The highest BCUT2D eigenvalue weighted by Crippen LogP contribution is 2.25. The van der Waals surface area contributed by atoms with Gasteiger partial charge in [0.25, 0.3) is 5.91 Å². The molecule has 4 nitrogen and oxygen atoms in total. The van der Waals surface area contributed by atoms with E-state index in [1.807, 2.05) is 0 Å². The quantitative estimate of drug-likeness (QED) is 0.838. The summed E-state index contributed by atoms with van der Waals surface area (Å²) in [5.74, 6) is -1.47. The number of nitrogens with zero attached hydrogens (tertiary/aromatic N) is 1. The number of aliphatic hydroxyl groups excluding tert-OH is 1. The van der Waals surface area contributed by atoms with Crippen LogP contribution in [0.3, 0.4) is 0 Å². The number of benzene rings is 2. The van der Waals surface area contributed by atoms with Crippen LogP contribution in [0.25, 0.3) is 0 Å². The van der Waals surface area contributed by atoms with Crippen molar-refractivity contribution in [3.8, 4) is 0 Å². The Morgan fingerprint density at radius 3 is 2.69 bits per heavy atom. The van der Waals surface area contributed by atoms with E-state index in [9.17, 15) is 18.7 Å². The van der Waals surface area contributed by atoms with Crippen LogP contribution in [0.2, 0.25) is 5.02 Å². The van der Waals surface area contributed by atoms with Crippen LogP contribution in [0.1, 0.15) is 29.6 Å². The average molecular weight is 381 g/mol. The van der Waals surface area contributed by atoms with Gasteiger partial charge in [0, 0.05) is 24.3 Å². The number of rotatable bonds is 3. The first kappa shape index (κ1) is 18.6. The molecule has 0 bridgehead atoms. The van der Waals surface area contributed by atoms with Crippen LogP contribution < -0.4 is 10.2 Å². The topological polar surface area (TPSA) is 52.6 Å². The van der Waals surface area contributed by atoms with E-state index in [1.54, 1.807) is 4.90 Å². The summed E-state index contributed by atoms with van der Waals surface area (Å²) in [6.45, 7) is 0.947. The number of carbonyl (C=O) groups excluding carboxylic acids is 1. The van der Waals surface area contributed by atoms with Crippen molar-refractivity contribution in [2.75, 3.05) is 23.3 Å². The zero-order chi connectivity index (χ0) is 18.7. The van der Waals surface area contributed by atoms with Gasteiger partial charge in [0.15, 0.2) is 0 Å². The number of β-amino-alcohol motifs (C(OH)–C–C–N with tert-alkyl or cyclic N) is 1. The molecule has 0 aromatic heterocycles. The molecule has 2 aromatic carbocycles.